The minimum absolute atomic E-state index is 0.292. The highest BCUT2D eigenvalue weighted by Crippen LogP contribution is 2.31. The normalized spacial score (nSPS) is 14.8. The van der Waals surface area contributed by atoms with Crippen LogP contribution >= 0.6 is 7.75 Å². The summed E-state index contributed by atoms with van der Waals surface area (Å²) in [4.78, 5) is 8.67. The Morgan fingerprint density at radius 2 is 1.35 bits per heavy atom. The Bertz CT molecular complexity index is 206. The van der Waals surface area contributed by atoms with Crippen LogP contribution in [-0.4, -0.2) is 11.5 Å². The third kappa shape index (κ3) is 16.1. The lowest BCUT2D eigenvalue weighted by molar-refractivity contribution is 0.253. The molecular formula is C12H28NO3P. The van der Waals surface area contributed by atoms with Crippen LogP contribution in [0.4, 0.5) is 0 Å². The standard InChI is InChI=1S/C12H28NO3P/c1-2-3-4-5-6-7-8-9-10-11-12-16-17(13,14)15/h2-12H2,1H3,(H3,13,14,15). The lowest BCUT2D eigenvalue weighted by atomic mass is 10.1. The van der Waals surface area contributed by atoms with E-state index in [9.17, 15) is 4.57 Å². The fraction of sp³-hybridized carbons (Fsp3) is 1.00. The van der Waals surface area contributed by atoms with Crippen LogP contribution in [0.25, 0.3) is 0 Å². The van der Waals surface area contributed by atoms with Crippen LogP contribution in [0.3, 0.4) is 0 Å². The molecule has 5 heteroatoms. The van der Waals surface area contributed by atoms with Crippen molar-refractivity contribution in [2.24, 2.45) is 5.50 Å². The average Bonchev–Trinajstić information content (AvgIpc) is 2.24. The second-order valence-corrected chi connectivity index (χ2v) is 5.97. The van der Waals surface area contributed by atoms with Gasteiger partial charge in [-0.15, -0.1) is 0 Å². The fourth-order valence-corrected chi connectivity index (χ4v) is 2.18. The number of nitrogens with two attached hydrogens (primary N) is 1. The van der Waals surface area contributed by atoms with Crippen molar-refractivity contribution >= 4 is 7.75 Å². The van der Waals surface area contributed by atoms with Crippen molar-refractivity contribution in [1.82, 2.24) is 0 Å². The second kappa shape index (κ2) is 11.2. The SMILES string of the molecule is CCCCCCCCCCCCOP(N)(=O)O. The molecule has 1 unspecified atom stereocenters. The molecule has 0 rings (SSSR count). The summed E-state index contributed by atoms with van der Waals surface area (Å²) in [6, 6.07) is 0. The molecule has 4 nitrogen and oxygen atoms in total. The number of hydrogen-bond acceptors (Lipinski definition) is 2. The number of rotatable bonds is 12. The van der Waals surface area contributed by atoms with Gasteiger partial charge >= 0.3 is 7.75 Å². The third-order valence-corrected chi connectivity index (χ3v) is 3.33. The minimum atomic E-state index is -3.74. The van der Waals surface area contributed by atoms with Gasteiger partial charge in [0, 0.05) is 0 Å². The molecule has 1 atom stereocenters. The lowest BCUT2D eigenvalue weighted by Gasteiger charge is -2.06. The van der Waals surface area contributed by atoms with Gasteiger partial charge in [-0.05, 0) is 6.42 Å². The fourth-order valence-electron chi connectivity index (χ4n) is 1.78. The van der Waals surface area contributed by atoms with Crippen molar-refractivity contribution in [2.75, 3.05) is 6.61 Å². The van der Waals surface area contributed by atoms with Gasteiger partial charge in [-0.3, -0.25) is 4.52 Å². The van der Waals surface area contributed by atoms with Crippen molar-refractivity contribution in [3.8, 4) is 0 Å². The van der Waals surface area contributed by atoms with Gasteiger partial charge in [0.25, 0.3) is 0 Å². The molecule has 0 aliphatic rings. The van der Waals surface area contributed by atoms with E-state index in [2.05, 4.69) is 11.4 Å². The van der Waals surface area contributed by atoms with E-state index in [-0.39, 0.29) is 0 Å². The van der Waals surface area contributed by atoms with Crippen molar-refractivity contribution in [2.45, 2.75) is 71.1 Å². The molecule has 0 fully saturated rings. The van der Waals surface area contributed by atoms with Gasteiger partial charge in [-0.2, -0.15) is 0 Å². The molecule has 0 aliphatic heterocycles. The summed E-state index contributed by atoms with van der Waals surface area (Å²) >= 11 is 0. The Morgan fingerprint density at radius 1 is 0.941 bits per heavy atom. The molecule has 0 saturated heterocycles. The van der Waals surface area contributed by atoms with Gasteiger partial charge in [-0.25, -0.2) is 10.1 Å². The monoisotopic (exact) mass is 265 g/mol. The van der Waals surface area contributed by atoms with Crippen LogP contribution in [-0.2, 0) is 9.09 Å². The van der Waals surface area contributed by atoms with Crippen molar-refractivity contribution < 1.29 is 14.0 Å². The summed E-state index contributed by atoms with van der Waals surface area (Å²) in [5, 5.41) is 0. The maximum atomic E-state index is 10.6. The van der Waals surface area contributed by atoms with Crippen LogP contribution in [0, 0.1) is 0 Å². The molecule has 0 bridgehead atoms. The molecule has 0 amide bonds. The molecule has 0 aromatic rings. The zero-order valence-corrected chi connectivity index (χ0v) is 12.0. The highest BCUT2D eigenvalue weighted by atomic mass is 31.2. The molecule has 0 radical (unpaired) electrons. The van der Waals surface area contributed by atoms with Crippen molar-refractivity contribution in [1.29, 1.82) is 0 Å². The van der Waals surface area contributed by atoms with E-state index < -0.39 is 7.75 Å². The van der Waals surface area contributed by atoms with Crippen LogP contribution in [0.5, 0.6) is 0 Å². The first-order chi connectivity index (χ1) is 8.06. The topological polar surface area (TPSA) is 72.5 Å². The molecule has 0 heterocycles. The Labute approximate surface area is 106 Å². The zero-order valence-electron chi connectivity index (χ0n) is 11.1. The molecule has 0 aromatic carbocycles. The molecule has 104 valence electrons. The maximum absolute atomic E-state index is 10.6. The lowest BCUT2D eigenvalue weighted by Crippen LogP contribution is -1.99. The summed E-state index contributed by atoms with van der Waals surface area (Å²) in [5.74, 6) is 0. The van der Waals surface area contributed by atoms with E-state index in [0.29, 0.717) is 6.61 Å². The highest BCUT2D eigenvalue weighted by Gasteiger charge is 2.09. The van der Waals surface area contributed by atoms with E-state index in [1.54, 1.807) is 0 Å². The predicted molar refractivity (Wildman–Crippen MR) is 71.8 cm³/mol. The first-order valence-corrected chi connectivity index (χ1v) is 8.47. The van der Waals surface area contributed by atoms with E-state index in [1.165, 1.54) is 51.4 Å². The van der Waals surface area contributed by atoms with E-state index in [1.807, 2.05) is 0 Å². The van der Waals surface area contributed by atoms with Crippen LogP contribution in [0.2, 0.25) is 0 Å². The smallest absolute Gasteiger partial charge is 0.313 e. The quantitative estimate of drug-likeness (QED) is 0.413. The molecular weight excluding hydrogens is 237 g/mol. The van der Waals surface area contributed by atoms with Crippen LogP contribution < -0.4 is 5.50 Å². The van der Waals surface area contributed by atoms with Gasteiger partial charge in [0.05, 0.1) is 6.61 Å². The van der Waals surface area contributed by atoms with Gasteiger partial charge in [-0.1, -0.05) is 64.7 Å². The van der Waals surface area contributed by atoms with Gasteiger partial charge in [0.1, 0.15) is 0 Å². The molecule has 0 aromatic heterocycles. The van der Waals surface area contributed by atoms with Gasteiger partial charge in [0.15, 0.2) is 0 Å². The van der Waals surface area contributed by atoms with Gasteiger partial charge in [0.2, 0.25) is 0 Å². The number of hydrogen-bond donors (Lipinski definition) is 2. The summed E-state index contributed by atoms with van der Waals surface area (Å²) in [7, 11) is -3.74. The molecule has 0 spiro atoms. The first kappa shape index (κ1) is 17.1. The van der Waals surface area contributed by atoms with Crippen molar-refractivity contribution in [3.05, 3.63) is 0 Å². The third-order valence-electron chi connectivity index (χ3n) is 2.77. The largest absolute Gasteiger partial charge is 0.400 e. The maximum Gasteiger partial charge on any atom is 0.400 e. The van der Waals surface area contributed by atoms with Gasteiger partial charge < -0.3 is 4.89 Å². The first-order valence-electron chi connectivity index (χ1n) is 6.82. The molecule has 3 N–H and O–H groups in total. The molecule has 17 heavy (non-hydrogen) atoms. The Hall–Kier alpha value is 0.110. The summed E-state index contributed by atoms with van der Waals surface area (Å²) < 4.78 is 15.2. The van der Waals surface area contributed by atoms with Crippen LogP contribution in [0.1, 0.15) is 71.1 Å². The van der Waals surface area contributed by atoms with Crippen LogP contribution in [0.15, 0.2) is 0 Å². The summed E-state index contributed by atoms with van der Waals surface area (Å²) in [6.07, 6.45) is 12.3. The second-order valence-electron chi connectivity index (χ2n) is 4.58. The van der Waals surface area contributed by atoms with E-state index in [0.717, 1.165) is 12.8 Å². The van der Waals surface area contributed by atoms with E-state index in [4.69, 9.17) is 10.4 Å². The Kier molecular flexibility index (Phi) is 11.3. The highest BCUT2D eigenvalue weighted by molar-refractivity contribution is 7.50. The Morgan fingerprint density at radius 3 is 1.76 bits per heavy atom. The summed E-state index contributed by atoms with van der Waals surface area (Å²) in [6.45, 7) is 2.52. The van der Waals surface area contributed by atoms with E-state index >= 15 is 0 Å². The Balaban J connectivity index is 3.01. The summed E-state index contributed by atoms with van der Waals surface area (Å²) in [5.41, 5.74) is 4.84. The average molecular weight is 265 g/mol. The minimum Gasteiger partial charge on any atom is -0.313 e. The molecule has 0 aliphatic carbocycles. The van der Waals surface area contributed by atoms with Crippen molar-refractivity contribution in [3.63, 3.8) is 0 Å². The predicted octanol–water partition coefficient (Wildman–Crippen LogP) is 3.98. The number of unbranched alkanes of at least 4 members (excludes halogenated alkanes) is 9. The zero-order chi connectivity index (χ0) is 13.0. The molecule has 0 saturated carbocycles.